The zero-order valence-electron chi connectivity index (χ0n) is 19.6. The third-order valence-electron chi connectivity index (χ3n) is 5.86. The molecular weight excluding hydrogens is 639 g/mol. The Balaban J connectivity index is 1.78. The SMILES string of the molecule is O=C=COc1c(C(=O)O)sc(-c2cccc(N(C3CCNCC3)S(=O)(=O)Cc3ccc(Cl)c(Cl)c3)c2)c1Br. The molecule has 13 heteroatoms. The second-order valence-electron chi connectivity index (χ2n) is 8.39. The molecule has 2 heterocycles. The quantitative estimate of drug-likeness (QED) is 0.214. The van der Waals surface area contributed by atoms with E-state index in [0.29, 0.717) is 57.1 Å². The minimum Gasteiger partial charge on any atom is -0.477 e. The van der Waals surface area contributed by atoms with Crippen LogP contribution in [0, 0.1) is 0 Å². The number of nitrogens with one attached hydrogen (secondary N) is 1. The minimum absolute atomic E-state index is 0.0336. The molecule has 8 nitrogen and oxygen atoms in total. The van der Waals surface area contributed by atoms with E-state index >= 15 is 0 Å². The Bertz CT molecular complexity index is 1520. The summed E-state index contributed by atoms with van der Waals surface area (Å²) in [7, 11) is -3.87. The molecule has 0 atom stereocenters. The molecule has 0 spiro atoms. The molecule has 0 unspecified atom stereocenters. The summed E-state index contributed by atoms with van der Waals surface area (Å²) in [6.45, 7) is 1.35. The van der Waals surface area contributed by atoms with E-state index in [2.05, 4.69) is 21.2 Å². The number of thiophene rings is 1. The van der Waals surface area contributed by atoms with Crippen molar-refractivity contribution >= 4 is 78.1 Å². The maximum Gasteiger partial charge on any atom is 0.349 e. The summed E-state index contributed by atoms with van der Waals surface area (Å²) in [4.78, 5) is 22.8. The molecule has 3 aromatic rings. The molecule has 1 aromatic heterocycles. The first-order chi connectivity index (χ1) is 18.1. The number of carboxylic acids is 1. The van der Waals surface area contributed by atoms with Crippen molar-refractivity contribution in [3.8, 4) is 16.2 Å². The molecule has 0 radical (unpaired) electrons. The predicted octanol–water partition coefficient (Wildman–Crippen LogP) is 6.00. The maximum atomic E-state index is 13.9. The number of hydrogen-bond donors (Lipinski definition) is 2. The molecule has 200 valence electrons. The molecule has 2 aromatic carbocycles. The van der Waals surface area contributed by atoms with Crippen LogP contribution in [0.4, 0.5) is 5.69 Å². The number of aromatic carboxylic acids is 1. The van der Waals surface area contributed by atoms with E-state index < -0.39 is 16.0 Å². The first-order valence-corrected chi connectivity index (χ1v) is 15.3. The first-order valence-electron chi connectivity index (χ1n) is 11.3. The van der Waals surface area contributed by atoms with Gasteiger partial charge in [-0.1, -0.05) is 41.4 Å². The number of halogens is 3. The van der Waals surface area contributed by atoms with E-state index in [1.54, 1.807) is 42.5 Å². The third kappa shape index (κ3) is 6.26. The fourth-order valence-electron chi connectivity index (χ4n) is 4.24. The molecule has 0 bridgehead atoms. The Morgan fingerprint density at radius 2 is 1.95 bits per heavy atom. The van der Waals surface area contributed by atoms with Crippen LogP contribution in [0.3, 0.4) is 0 Å². The maximum absolute atomic E-state index is 13.9. The Morgan fingerprint density at radius 1 is 1.21 bits per heavy atom. The molecule has 0 saturated carbocycles. The van der Waals surface area contributed by atoms with Crippen molar-refractivity contribution in [2.45, 2.75) is 24.6 Å². The molecular formula is C25H21BrCl2N2O6S2. The second kappa shape index (κ2) is 12.2. The number of nitrogens with zero attached hydrogens (tertiary/aromatic N) is 1. The van der Waals surface area contributed by atoms with Crippen molar-refractivity contribution in [1.82, 2.24) is 5.32 Å². The Kier molecular flexibility index (Phi) is 9.20. The van der Waals surface area contributed by atoms with Gasteiger partial charge in [-0.3, -0.25) is 4.31 Å². The van der Waals surface area contributed by atoms with Crippen LogP contribution in [0.1, 0.15) is 28.1 Å². The van der Waals surface area contributed by atoms with E-state index in [9.17, 15) is 23.1 Å². The van der Waals surface area contributed by atoms with Crippen molar-refractivity contribution in [3.05, 3.63) is 73.7 Å². The Hall–Kier alpha value is -2.37. The summed E-state index contributed by atoms with van der Waals surface area (Å²) in [6.07, 6.45) is 1.97. The average molecular weight is 660 g/mol. The fourth-order valence-corrected chi connectivity index (χ4v) is 8.26. The summed E-state index contributed by atoms with van der Waals surface area (Å²) in [5.41, 5.74) is 1.53. The molecule has 1 fully saturated rings. The van der Waals surface area contributed by atoms with Crippen LogP contribution in [0.2, 0.25) is 10.0 Å². The van der Waals surface area contributed by atoms with Crippen molar-refractivity contribution in [2.24, 2.45) is 0 Å². The molecule has 0 amide bonds. The van der Waals surface area contributed by atoms with Crippen molar-refractivity contribution in [2.75, 3.05) is 17.4 Å². The zero-order chi connectivity index (χ0) is 27.4. The average Bonchev–Trinajstić information content (AvgIpc) is 3.22. The zero-order valence-corrected chi connectivity index (χ0v) is 24.3. The van der Waals surface area contributed by atoms with Gasteiger partial charge in [0.1, 0.15) is 0 Å². The largest absolute Gasteiger partial charge is 0.477 e. The van der Waals surface area contributed by atoms with E-state index in [1.807, 2.05) is 0 Å². The highest BCUT2D eigenvalue weighted by atomic mass is 79.9. The van der Waals surface area contributed by atoms with Gasteiger partial charge in [-0.25, -0.2) is 18.0 Å². The van der Waals surface area contributed by atoms with Crippen LogP contribution >= 0.6 is 50.5 Å². The number of carbonyl (C=O) groups is 1. The smallest absolute Gasteiger partial charge is 0.349 e. The monoisotopic (exact) mass is 658 g/mol. The Morgan fingerprint density at radius 3 is 2.61 bits per heavy atom. The van der Waals surface area contributed by atoms with Crippen LogP contribution < -0.4 is 14.4 Å². The third-order valence-corrected chi connectivity index (χ3v) is 10.6. The number of anilines is 1. The fraction of sp³-hybridized carbons (Fsp3) is 0.240. The molecule has 2 N–H and O–H groups in total. The number of sulfonamides is 1. The van der Waals surface area contributed by atoms with E-state index in [4.69, 9.17) is 27.9 Å². The van der Waals surface area contributed by atoms with Crippen LogP contribution in [-0.2, 0) is 20.6 Å². The highest BCUT2D eigenvalue weighted by molar-refractivity contribution is 9.10. The predicted molar refractivity (Wildman–Crippen MR) is 153 cm³/mol. The van der Waals surface area contributed by atoms with E-state index in [0.717, 1.165) is 17.6 Å². The lowest BCUT2D eigenvalue weighted by Gasteiger charge is -2.35. The summed E-state index contributed by atoms with van der Waals surface area (Å²) < 4.78 is 34.7. The van der Waals surface area contributed by atoms with Gasteiger partial charge in [-0.05, 0) is 77.3 Å². The number of carbonyl (C=O) groups excluding carboxylic acids is 1. The number of piperidine rings is 1. The summed E-state index contributed by atoms with van der Waals surface area (Å²) in [5.74, 6) is -0.0786. The Labute approximate surface area is 242 Å². The molecule has 1 aliphatic rings. The van der Waals surface area contributed by atoms with Gasteiger partial charge in [-0.15, -0.1) is 11.3 Å². The van der Waals surface area contributed by atoms with Crippen molar-refractivity contribution in [1.29, 1.82) is 0 Å². The number of carboxylic acid groups (broad SMARTS) is 1. The molecule has 38 heavy (non-hydrogen) atoms. The topological polar surface area (TPSA) is 113 Å². The van der Waals surface area contributed by atoms with Gasteiger partial charge in [0.25, 0.3) is 0 Å². The molecule has 0 aliphatic carbocycles. The number of benzene rings is 2. The van der Waals surface area contributed by atoms with Gasteiger partial charge in [-0.2, -0.15) is 0 Å². The van der Waals surface area contributed by atoms with Gasteiger partial charge in [0.2, 0.25) is 10.0 Å². The lowest BCUT2D eigenvalue weighted by atomic mass is 10.1. The van der Waals surface area contributed by atoms with Crippen LogP contribution in [0.5, 0.6) is 5.75 Å². The number of ether oxygens (including phenoxy) is 1. The number of rotatable bonds is 9. The minimum atomic E-state index is -3.87. The van der Waals surface area contributed by atoms with Gasteiger partial charge >= 0.3 is 5.97 Å². The molecule has 4 rings (SSSR count). The van der Waals surface area contributed by atoms with Crippen LogP contribution in [0.25, 0.3) is 10.4 Å². The summed E-state index contributed by atoms with van der Waals surface area (Å²) in [6, 6.07) is 11.3. The van der Waals surface area contributed by atoms with E-state index in [-0.39, 0.29) is 27.4 Å². The number of hydrogen-bond acceptors (Lipinski definition) is 7. The van der Waals surface area contributed by atoms with Crippen molar-refractivity contribution < 1.29 is 27.9 Å². The highest BCUT2D eigenvalue weighted by Gasteiger charge is 2.32. The van der Waals surface area contributed by atoms with E-state index in [1.165, 1.54) is 10.2 Å². The lowest BCUT2D eigenvalue weighted by Crippen LogP contribution is -2.46. The molecule has 1 aliphatic heterocycles. The van der Waals surface area contributed by atoms with Crippen molar-refractivity contribution in [3.63, 3.8) is 0 Å². The summed E-state index contributed by atoms with van der Waals surface area (Å²) in [5, 5.41) is 13.5. The first kappa shape index (κ1) is 28.6. The normalized spacial score (nSPS) is 14.1. The highest BCUT2D eigenvalue weighted by Crippen LogP contribution is 2.46. The second-order valence-corrected chi connectivity index (χ2v) is 12.9. The van der Waals surface area contributed by atoms with Gasteiger partial charge < -0.3 is 15.2 Å². The van der Waals surface area contributed by atoms with Gasteiger partial charge in [0, 0.05) is 6.04 Å². The standard InChI is InChI=1S/C25H21BrCl2N2O6S2/c26-21-22(36-11-10-31)24(25(32)33)37-23(21)16-2-1-3-18(13-16)30(17-6-8-29-9-7-17)38(34,35)14-15-4-5-19(27)20(28)12-15/h1-5,11-13,17,29H,6-9,14H2,(H,32,33). The lowest BCUT2D eigenvalue weighted by molar-refractivity contribution is 0.0699. The van der Waals surface area contributed by atoms with Crippen LogP contribution in [-0.4, -0.2) is 44.6 Å². The van der Waals surface area contributed by atoms with Gasteiger partial charge in [0.15, 0.2) is 22.8 Å². The molecule has 1 saturated heterocycles. The van der Waals surface area contributed by atoms with Crippen LogP contribution in [0.15, 0.2) is 53.2 Å². The summed E-state index contributed by atoms with van der Waals surface area (Å²) >= 11 is 16.5. The van der Waals surface area contributed by atoms with Gasteiger partial charge in [0.05, 0.1) is 30.8 Å².